The Labute approximate surface area is 86.7 Å². The number of nitrogens with zero attached hydrogens (tertiary/aromatic N) is 1. The smallest absolute Gasteiger partial charge is 0.169 e. The Morgan fingerprint density at radius 1 is 1.50 bits per heavy atom. The molecule has 0 fully saturated rings. The number of aryl methyl sites for hydroxylation is 2. The fraction of sp³-hybridized carbons (Fsp3) is 0.300. The molecular weight excluding hydrogens is 196 g/mol. The lowest BCUT2D eigenvalue weighted by atomic mass is 10.2. The van der Waals surface area contributed by atoms with Crippen LogP contribution >= 0.6 is 11.3 Å². The molecule has 0 radical (unpaired) electrons. The van der Waals surface area contributed by atoms with Crippen LogP contribution in [0.25, 0.3) is 0 Å². The Morgan fingerprint density at radius 2 is 2.36 bits per heavy atom. The highest BCUT2D eigenvalue weighted by Crippen LogP contribution is 2.21. The van der Waals surface area contributed by atoms with Crippen LogP contribution in [0, 0.1) is 13.8 Å². The van der Waals surface area contributed by atoms with Crippen molar-refractivity contribution in [2.45, 2.75) is 20.4 Å². The van der Waals surface area contributed by atoms with Gasteiger partial charge in [0.15, 0.2) is 5.82 Å². The van der Waals surface area contributed by atoms with Crippen LogP contribution in [0.5, 0.6) is 0 Å². The molecule has 74 valence electrons. The first-order chi connectivity index (χ1) is 6.75. The predicted molar refractivity (Wildman–Crippen MR) is 57.6 cm³/mol. The minimum Gasteiger partial charge on any atom is -0.363 e. The van der Waals surface area contributed by atoms with Gasteiger partial charge in [-0.3, -0.25) is 0 Å². The monoisotopic (exact) mass is 208 g/mol. The molecule has 0 saturated heterocycles. The second kappa shape index (κ2) is 3.84. The van der Waals surface area contributed by atoms with Crippen LogP contribution in [0.2, 0.25) is 0 Å². The molecule has 0 aliphatic rings. The zero-order chi connectivity index (χ0) is 9.97. The second-order valence-corrected chi connectivity index (χ2v) is 4.64. The lowest BCUT2D eigenvalue weighted by Gasteiger charge is -2.00. The van der Waals surface area contributed by atoms with Gasteiger partial charge >= 0.3 is 0 Å². The molecule has 4 heteroatoms. The summed E-state index contributed by atoms with van der Waals surface area (Å²) in [5, 5.41) is 6.98. The predicted octanol–water partition coefficient (Wildman–Crippen LogP) is 2.97. The molecule has 3 nitrogen and oxygen atoms in total. The van der Waals surface area contributed by atoms with Gasteiger partial charge < -0.3 is 9.84 Å². The summed E-state index contributed by atoms with van der Waals surface area (Å²) in [6.07, 6.45) is 1.56. The summed E-state index contributed by atoms with van der Waals surface area (Å²) in [5.74, 6) is 0.785. The van der Waals surface area contributed by atoms with E-state index >= 15 is 0 Å². The molecule has 2 heterocycles. The first kappa shape index (κ1) is 9.27. The first-order valence-corrected chi connectivity index (χ1v) is 5.27. The maximum atomic E-state index is 4.73. The van der Waals surface area contributed by atoms with Crippen LogP contribution < -0.4 is 5.32 Å². The van der Waals surface area contributed by atoms with Crippen molar-refractivity contribution in [2.24, 2.45) is 0 Å². The van der Waals surface area contributed by atoms with Gasteiger partial charge in [-0.25, -0.2) is 0 Å². The second-order valence-electron chi connectivity index (χ2n) is 3.18. The number of hydrogen-bond acceptors (Lipinski definition) is 4. The van der Waals surface area contributed by atoms with Gasteiger partial charge in [-0.2, -0.15) is 0 Å². The van der Waals surface area contributed by atoms with Crippen molar-refractivity contribution in [3.05, 3.63) is 33.7 Å². The average molecular weight is 208 g/mol. The van der Waals surface area contributed by atoms with E-state index in [9.17, 15) is 0 Å². The molecule has 2 aromatic heterocycles. The summed E-state index contributed by atoms with van der Waals surface area (Å²) in [6.45, 7) is 5.07. The molecule has 0 atom stereocenters. The van der Waals surface area contributed by atoms with Crippen molar-refractivity contribution < 1.29 is 4.52 Å². The minimum atomic E-state index is 0.785. The summed E-state index contributed by atoms with van der Waals surface area (Å²) in [4.78, 5) is 2.71. The Kier molecular flexibility index (Phi) is 2.54. The van der Waals surface area contributed by atoms with Gasteiger partial charge in [0.05, 0.1) is 0 Å². The standard InChI is InChI=1S/C10H12N2OS/c1-7-5-9(8(2)14-7)6-11-10-3-4-13-12-10/h3-5H,6H2,1-2H3,(H,11,12). The molecule has 14 heavy (non-hydrogen) atoms. The molecule has 2 rings (SSSR count). The Bertz CT molecular complexity index is 406. The maximum absolute atomic E-state index is 4.73. The summed E-state index contributed by atoms with van der Waals surface area (Å²) < 4.78 is 4.73. The van der Waals surface area contributed by atoms with E-state index in [0.717, 1.165) is 12.4 Å². The van der Waals surface area contributed by atoms with Crippen LogP contribution in [0.15, 0.2) is 22.9 Å². The van der Waals surface area contributed by atoms with Gasteiger partial charge in [-0.1, -0.05) is 5.16 Å². The quantitative estimate of drug-likeness (QED) is 0.842. The van der Waals surface area contributed by atoms with E-state index in [2.05, 4.69) is 30.4 Å². The van der Waals surface area contributed by atoms with Gasteiger partial charge in [0.2, 0.25) is 0 Å². The Hall–Kier alpha value is -1.29. The Morgan fingerprint density at radius 3 is 2.93 bits per heavy atom. The number of nitrogens with one attached hydrogen (secondary N) is 1. The lowest BCUT2D eigenvalue weighted by Crippen LogP contribution is -1.99. The van der Waals surface area contributed by atoms with Crippen LogP contribution in [0.1, 0.15) is 15.3 Å². The average Bonchev–Trinajstić information content (AvgIpc) is 2.72. The van der Waals surface area contributed by atoms with E-state index in [1.54, 1.807) is 6.26 Å². The van der Waals surface area contributed by atoms with Crippen molar-refractivity contribution in [2.75, 3.05) is 5.32 Å². The topological polar surface area (TPSA) is 38.1 Å². The molecule has 0 spiro atoms. The van der Waals surface area contributed by atoms with Crippen molar-refractivity contribution in [3.8, 4) is 0 Å². The van der Waals surface area contributed by atoms with Gasteiger partial charge in [-0.05, 0) is 25.5 Å². The van der Waals surface area contributed by atoms with Crippen LogP contribution in [-0.4, -0.2) is 5.16 Å². The summed E-state index contributed by atoms with van der Waals surface area (Å²) >= 11 is 1.82. The highest BCUT2D eigenvalue weighted by molar-refractivity contribution is 7.12. The molecule has 0 amide bonds. The largest absolute Gasteiger partial charge is 0.363 e. The fourth-order valence-electron chi connectivity index (χ4n) is 1.35. The van der Waals surface area contributed by atoms with Crippen molar-refractivity contribution >= 4 is 17.2 Å². The van der Waals surface area contributed by atoms with Crippen LogP contribution in [0.3, 0.4) is 0 Å². The Balaban J connectivity index is 2.01. The normalized spacial score (nSPS) is 10.4. The highest BCUT2D eigenvalue weighted by Gasteiger charge is 2.02. The lowest BCUT2D eigenvalue weighted by molar-refractivity contribution is 0.422. The fourth-order valence-corrected chi connectivity index (χ4v) is 2.29. The molecule has 0 bridgehead atoms. The van der Waals surface area contributed by atoms with Gasteiger partial charge in [0.1, 0.15) is 6.26 Å². The number of thiophene rings is 1. The molecular formula is C10H12N2OS. The van der Waals surface area contributed by atoms with E-state index in [1.165, 1.54) is 15.3 Å². The van der Waals surface area contributed by atoms with Crippen LogP contribution in [0.4, 0.5) is 5.82 Å². The maximum Gasteiger partial charge on any atom is 0.169 e. The number of hydrogen-bond donors (Lipinski definition) is 1. The molecule has 0 aliphatic heterocycles. The molecule has 0 unspecified atom stereocenters. The van der Waals surface area contributed by atoms with Gasteiger partial charge in [0, 0.05) is 22.4 Å². The summed E-state index contributed by atoms with van der Waals surface area (Å²) in [5.41, 5.74) is 1.33. The third kappa shape index (κ3) is 1.96. The van der Waals surface area contributed by atoms with E-state index in [0.29, 0.717) is 0 Å². The van der Waals surface area contributed by atoms with E-state index < -0.39 is 0 Å². The van der Waals surface area contributed by atoms with E-state index in [4.69, 9.17) is 4.52 Å². The van der Waals surface area contributed by atoms with Gasteiger partial charge in [-0.15, -0.1) is 11.3 Å². The molecule has 1 N–H and O–H groups in total. The zero-order valence-electron chi connectivity index (χ0n) is 8.20. The highest BCUT2D eigenvalue weighted by atomic mass is 32.1. The third-order valence-electron chi connectivity index (χ3n) is 2.04. The van der Waals surface area contributed by atoms with Crippen LogP contribution in [-0.2, 0) is 6.54 Å². The van der Waals surface area contributed by atoms with E-state index in [-0.39, 0.29) is 0 Å². The van der Waals surface area contributed by atoms with Crippen molar-refractivity contribution in [1.29, 1.82) is 0 Å². The van der Waals surface area contributed by atoms with Gasteiger partial charge in [0.25, 0.3) is 0 Å². The summed E-state index contributed by atoms with van der Waals surface area (Å²) in [6, 6.07) is 4.02. The minimum absolute atomic E-state index is 0.785. The molecule has 2 aromatic rings. The number of anilines is 1. The zero-order valence-corrected chi connectivity index (χ0v) is 9.02. The number of rotatable bonds is 3. The third-order valence-corrected chi connectivity index (χ3v) is 3.05. The SMILES string of the molecule is Cc1cc(CNc2ccon2)c(C)s1. The van der Waals surface area contributed by atoms with Crippen molar-refractivity contribution in [1.82, 2.24) is 5.16 Å². The summed E-state index contributed by atoms with van der Waals surface area (Å²) in [7, 11) is 0. The number of aromatic nitrogens is 1. The molecule has 0 aromatic carbocycles. The van der Waals surface area contributed by atoms with Crippen molar-refractivity contribution in [3.63, 3.8) is 0 Å². The first-order valence-electron chi connectivity index (χ1n) is 4.46. The molecule has 0 aliphatic carbocycles. The molecule has 0 saturated carbocycles. The van der Waals surface area contributed by atoms with E-state index in [1.807, 2.05) is 17.4 Å².